The molecule has 0 radical (unpaired) electrons. The standard InChI is InChI=1S/C13H9FN4/c1-9-2-3-11(14)4-10(9)7-18-8-17-12(5-15)13(18)6-16/h2-4,8H,7H2,1H3. The van der Waals surface area contributed by atoms with E-state index in [0.29, 0.717) is 6.54 Å². The van der Waals surface area contributed by atoms with Crippen LogP contribution in [0.3, 0.4) is 0 Å². The first-order valence-electron chi connectivity index (χ1n) is 5.26. The highest BCUT2D eigenvalue weighted by atomic mass is 19.1. The third kappa shape index (κ3) is 2.07. The maximum atomic E-state index is 13.2. The van der Waals surface area contributed by atoms with E-state index in [4.69, 9.17) is 10.5 Å². The zero-order chi connectivity index (χ0) is 13.1. The van der Waals surface area contributed by atoms with E-state index in [1.165, 1.54) is 18.5 Å². The van der Waals surface area contributed by atoms with Crippen molar-refractivity contribution in [1.82, 2.24) is 9.55 Å². The maximum absolute atomic E-state index is 13.2. The van der Waals surface area contributed by atoms with Crippen LogP contribution < -0.4 is 0 Å². The Hall–Kier alpha value is -2.66. The van der Waals surface area contributed by atoms with Gasteiger partial charge in [-0.2, -0.15) is 10.5 Å². The zero-order valence-corrected chi connectivity index (χ0v) is 9.68. The van der Waals surface area contributed by atoms with Gasteiger partial charge in [-0.3, -0.25) is 0 Å². The van der Waals surface area contributed by atoms with Crippen molar-refractivity contribution in [2.24, 2.45) is 0 Å². The van der Waals surface area contributed by atoms with Crippen molar-refractivity contribution in [2.45, 2.75) is 13.5 Å². The lowest BCUT2D eigenvalue weighted by Crippen LogP contribution is -2.03. The molecule has 88 valence electrons. The van der Waals surface area contributed by atoms with Crippen LogP contribution in [0.5, 0.6) is 0 Å². The highest BCUT2D eigenvalue weighted by Gasteiger charge is 2.11. The lowest BCUT2D eigenvalue weighted by molar-refractivity contribution is 0.622. The van der Waals surface area contributed by atoms with Gasteiger partial charge in [0.05, 0.1) is 12.9 Å². The molecule has 1 aromatic carbocycles. The van der Waals surface area contributed by atoms with Gasteiger partial charge in [0.15, 0.2) is 11.4 Å². The van der Waals surface area contributed by atoms with Crippen molar-refractivity contribution in [1.29, 1.82) is 10.5 Å². The smallest absolute Gasteiger partial charge is 0.176 e. The van der Waals surface area contributed by atoms with Gasteiger partial charge < -0.3 is 4.57 Å². The summed E-state index contributed by atoms with van der Waals surface area (Å²) in [6, 6.07) is 8.27. The minimum absolute atomic E-state index is 0.0894. The molecular formula is C13H9FN4. The van der Waals surface area contributed by atoms with Crippen molar-refractivity contribution in [3.05, 3.63) is 52.9 Å². The van der Waals surface area contributed by atoms with Crippen LogP contribution in [0.4, 0.5) is 4.39 Å². The van der Waals surface area contributed by atoms with Gasteiger partial charge in [0, 0.05) is 0 Å². The third-order valence-corrected chi connectivity index (χ3v) is 2.70. The molecule has 2 aromatic rings. The topological polar surface area (TPSA) is 65.4 Å². The fourth-order valence-corrected chi connectivity index (χ4v) is 1.70. The first-order chi connectivity index (χ1) is 8.65. The molecule has 0 spiro atoms. The first kappa shape index (κ1) is 11.8. The van der Waals surface area contributed by atoms with Crippen molar-refractivity contribution in [2.75, 3.05) is 0 Å². The largest absolute Gasteiger partial charge is 0.317 e. The number of hydrogen-bond donors (Lipinski definition) is 0. The molecule has 0 saturated heterocycles. The molecule has 1 heterocycles. The predicted molar refractivity (Wildman–Crippen MR) is 61.9 cm³/mol. The normalized spacial score (nSPS) is 9.78. The number of imidazole rings is 1. The Balaban J connectivity index is 2.41. The molecule has 0 aliphatic heterocycles. The number of rotatable bonds is 2. The second kappa shape index (κ2) is 4.68. The van der Waals surface area contributed by atoms with Gasteiger partial charge in [0.2, 0.25) is 0 Å². The summed E-state index contributed by atoms with van der Waals surface area (Å²) < 4.78 is 14.7. The Kier molecular flexibility index (Phi) is 3.07. The minimum Gasteiger partial charge on any atom is -0.317 e. The van der Waals surface area contributed by atoms with Gasteiger partial charge in [-0.1, -0.05) is 6.07 Å². The van der Waals surface area contributed by atoms with E-state index in [1.807, 2.05) is 19.1 Å². The average molecular weight is 240 g/mol. The van der Waals surface area contributed by atoms with Gasteiger partial charge in [0.25, 0.3) is 0 Å². The molecule has 0 aliphatic rings. The Labute approximate surface area is 104 Å². The molecule has 0 atom stereocenters. The summed E-state index contributed by atoms with van der Waals surface area (Å²) in [6.45, 7) is 2.18. The van der Waals surface area contributed by atoms with E-state index < -0.39 is 0 Å². The number of halogens is 1. The van der Waals surface area contributed by atoms with Gasteiger partial charge >= 0.3 is 0 Å². The average Bonchev–Trinajstić information content (AvgIpc) is 2.75. The molecule has 2 rings (SSSR count). The minimum atomic E-state index is -0.324. The molecule has 18 heavy (non-hydrogen) atoms. The van der Waals surface area contributed by atoms with Gasteiger partial charge in [-0.05, 0) is 30.2 Å². The molecule has 1 aromatic heterocycles. The maximum Gasteiger partial charge on any atom is 0.176 e. The fraction of sp³-hybridized carbons (Fsp3) is 0.154. The molecular weight excluding hydrogens is 231 g/mol. The number of benzene rings is 1. The molecule has 0 aliphatic carbocycles. The van der Waals surface area contributed by atoms with E-state index in [-0.39, 0.29) is 17.2 Å². The van der Waals surface area contributed by atoms with Crippen LogP contribution in [0.2, 0.25) is 0 Å². The number of nitrogens with zero attached hydrogens (tertiary/aromatic N) is 4. The monoisotopic (exact) mass is 240 g/mol. The first-order valence-corrected chi connectivity index (χ1v) is 5.26. The van der Waals surface area contributed by atoms with Crippen molar-refractivity contribution in [3.8, 4) is 12.1 Å². The molecule has 0 amide bonds. The van der Waals surface area contributed by atoms with E-state index in [0.717, 1.165) is 11.1 Å². The second-order valence-corrected chi connectivity index (χ2v) is 3.86. The Bertz CT molecular complexity index is 673. The summed E-state index contributed by atoms with van der Waals surface area (Å²) in [7, 11) is 0. The van der Waals surface area contributed by atoms with Crippen molar-refractivity contribution >= 4 is 0 Å². The van der Waals surface area contributed by atoms with Gasteiger partial charge in [-0.15, -0.1) is 0 Å². The van der Waals surface area contributed by atoms with Crippen LogP contribution in [0.25, 0.3) is 0 Å². The Morgan fingerprint density at radius 3 is 2.78 bits per heavy atom. The number of aryl methyl sites for hydroxylation is 1. The Morgan fingerprint density at radius 1 is 1.33 bits per heavy atom. The van der Waals surface area contributed by atoms with Crippen LogP contribution in [0, 0.1) is 35.4 Å². The quantitative estimate of drug-likeness (QED) is 0.807. The fourth-order valence-electron chi connectivity index (χ4n) is 1.70. The van der Waals surface area contributed by atoms with E-state index >= 15 is 0 Å². The zero-order valence-electron chi connectivity index (χ0n) is 9.68. The van der Waals surface area contributed by atoms with E-state index in [2.05, 4.69) is 4.98 Å². The number of aromatic nitrogens is 2. The van der Waals surface area contributed by atoms with Gasteiger partial charge in [-0.25, -0.2) is 9.37 Å². The van der Waals surface area contributed by atoms with E-state index in [9.17, 15) is 4.39 Å². The Morgan fingerprint density at radius 2 is 2.11 bits per heavy atom. The lowest BCUT2D eigenvalue weighted by Gasteiger charge is -2.07. The van der Waals surface area contributed by atoms with Crippen LogP contribution >= 0.6 is 0 Å². The highest BCUT2D eigenvalue weighted by molar-refractivity contribution is 5.37. The van der Waals surface area contributed by atoms with Crippen molar-refractivity contribution in [3.63, 3.8) is 0 Å². The molecule has 0 fully saturated rings. The number of hydrogen-bond acceptors (Lipinski definition) is 3. The van der Waals surface area contributed by atoms with Crippen LogP contribution in [-0.4, -0.2) is 9.55 Å². The molecule has 0 N–H and O–H groups in total. The third-order valence-electron chi connectivity index (χ3n) is 2.70. The summed E-state index contributed by atoms with van der Waals surface area (Å²) in [5.41, 5.74) is 1.97. The van der Waals surface area contributed by atoms with Crippen molar-refractivity contribution < 1.29 is 4.39 Å². The summed E-state index contributed by atoms with van der Waals surface area (Å²) in [6.07, 6.45) is 1.42. The molecule has 0 saturated carbocycles. The SMILES string of the molecule is Cc1ccc(F)cc1Cn1cnc(C#N)c1C#N. The van der Waals surface area contributed by atoms with Gasteiger partial charge in [0.1, 0.15) is 18.0 Å². The van der Waals surface area contributed by atoms with Crippen LogP contribution in [0.15, 0.2) is 24.5 Å². The second-order valence-electron chi connectivity index (χ2n) is 3.86. The number of nitriles is 2. The molecule has 0 bridgehead atoms. The van der Waals surface area contributed by atoms with Crippen LogP contribution in [0.1, 0.15) is 22.5 Å². The summed E-state index contributed by atoms with van der Waals surface area (Å²) in [5, 5.41) is 17.8. The predicted octanol–water partition coefficient (Wildman–Crippen LogP) is 2.12. The molecule has 5 heteroatoms. The summed E-state index contributed by atoms with van der Waals surface area (Å²) >= 11 is 0. The molecule has 4 nitrogen and oxygen atoms in total. The lowest BCUT2D eigenvalue weighted by atomic mass is 10.1. The summed E-state index contributed by atoms with van der Waals surface area (Å²) in [5.74, 6) is -0.324. The summed E-state index contributed by atoms with van der Waals surface area (Å²) in [4.78, 5) is 3.84. The van der Waals surface area contributed by atoms with Crippen LogP contribution in [-0.2, 0) is 6.54 Å². The highest BCUT2D eigenvalue weighted by Crippen LogP contribution is 2.14. The van der Waals surface area contributed by atoms with E-state index in [1.54, 1.807) is 10.6 Å². The molecule has 0 unspecified atom stereocenters.